The minimum Gasteiger partial charge on any atom is -0.496 e. The zero-order valence-corrected chi connectivity index (χ0v) is 16.0. The fraction of sp³-hybridized carbons (Fsp3) is 0.650. The lowest BCUT2D eigenvalue weighted by Gasteiger charge is -2.40. The minimum atomic E-state index is -0.463. The third kappa shape index (κ3) is 4.01. The van der Waals surface area contributed by atoms with Gasteiger partial charge < -0.3 is 14.4 Å². The van der Waals surface area contributed by atoms with Crippen molar-refractivity contribution in [3.05, 3.63) is 29.1 Å². The van der Waals surface area contributed by atoms with Crippen LogP contribution in [0.4, 0.5) is 4.39 Å². The Labute approximate surface area is 155 Å². The molecule has 0 N–H and O–H groups in total. The molecule has 6 heteroatoms. The van der Waals surface area contributed by atoms with Gasteiger partial charge in [0.2, 0.25) is 0 Å². The first kappa shape index (κ1) is 19.1. The summed E-state index contributed by atoms with van der Waals surface area (Å²) in [5.74, 6) is 0.00663. The summed E-state index contributed by atoms with van der Waals surface area (Å²) in [5, 5.41) is 0. The van der Waals surface area contributed by atoms with Crippen LogP contribution in [0.3, 0.4) is 0 Å². The Morgan fingerprint density at radius 2 is 1.85 bits per heavy atom. The van der Waals surface area contributed by atoms with Crippen LogP contribution in [0.15, 0.2) is 12.1 Å². The number of piperidine rings is 1. The first-order valence-electron chi connectivity index (χ1n) is 9.49. The molecule has 0 saturated carbocycles. The molecule has 1 aromatic rings. The lowest BCUT2D eigenvalue weighted by atomic mass is 9.98. The first-order valence-corrected chi connectivity index (χ1v) is 9.49. The van der Waals surface area contributed by atoms with Crippen LogP contribution in [-0.2, 0) is 4.74 Å². The number of hydrogen-bond donors (Lipinski definition) is 0. The van der Waals surface area contributed by atoms with Gasteiger partial charge in [0.1, 0.15) is 11.6 Å². The Bertz CT molecular complexity index is 636. The number of nitrogens with zero attached hydrogens (tertiary/aromatic N) is 2. The van der Waals surface area contributed by atoms with Crippen molar-refractivity contribution in [2.75, 3.05) is 46.5 Å². The first-order chi connectivity index (χ1) is 12.5. The topological polar surface area (TPSA) is 42.0 Å². The average Bonchev–Trinajstić information content (AvgIpc) is 2.68. The van der Waals surface area contributed by atoms with E-state index in [0.29, 0.717) is 24.9 Å². The van der Waals surface area contributed by atoms with Crippen molar-refractivity contribution in [3.63, 3.8) is 0 Å². The smallest absolute Gasteiger partial charge is 0.256 e. The van der Waals surface area contributed by atoms with Crippen molar-refractivity contribution in [2.24, 2.45) is 0 Å². The number of likely N-dealkylation sites (tertiary alicyclic amines) is 1. The Balaban J connectivity index is 1.68. The van der Waals surface area contributed by atoms with Gasteiger partial charge in [0.15, 0.2) is 0 Å². The van der Waals surface area contributed by atoms with Gasteiger partial charge in [0.05, 0.1) is 25.9 Å². The summed E-state index contributed by atoms with van der Waals surface area (Å²) in [6, 6.07) is 3.49. The second kappa shape index (κ2) is 8.35. The lowest BCUT2D eigenvalue weighted by molar-refractivity contribution is 0.00154. The van der Waals surface area contributed by atoms with Crippen LogP contribution in [-0.4, -0.2) is 68.3 Å². The monoisotopic (exact) mass is 364 g/mol. The van der Waals surface area contributed by atoms with Crippen LogP contribution in [0.25, 0.3) is 0 Å². The van der Waals surface area contributed by atoms with E-state index in [2.05, 4.69) is 4.90 Å². The van der Waals surface area contributed by atoms with Crippen molar-refractivity contribution in [1.82, 2.24) is 9.80 Å². The van der Waals surface area contributed by atoms with Crippen molar-refractivity contribution < 1.29 is 18.7 Å². The molecule has 0 atom stereocenters. The highest BCUT2D eigenvalue weighted by Gasteiger charge is 2.29. The predicted octanol–water partition coefficient (Wildman–Crippen LogP) is 2.89. The maximum Gasteiger partial charge on any atom is 0.256 e. The van der Waals surface area contributed by atoms with Gasteiger partial charge >= 0.3 is 0 Å². The molecule has 26 heavy (non-hydrogen) atoms. The van der Waals surface area contributed by atoms with Gasteiger partial charge in [0, 0.05) is 32.2 Å². The third-order valence-electron chi connectivity index (χ3n) is 5.49. The molecule has 3 rings (SSSR count). The molecule has 2 aliphatic heterocycles. The standard InChI is InChI=1S/C20H29FN2O3/c1-14(2)16-12-18(21)17(13-19(16)25-3)20(24)23-6-4-15(5-7-23)22-8-10-26-11-9-22/h12-15H,4-11H2,1-3H3. The number of methoxy groups -OCH3 is 1. The quantitative estimate of drug-likeness (QED) is 0.824. The van der Waals surface area contributed by atoms with Gasteiger partial charge in [-0.25, -0.2) is 4.39 Å². The molecule has 1 aromatic carbocycles. The molecule has 0 bridgehead atoms. The second-order valence-corrected chi connectivity index (χ2v) is 7.40. The molecule has 0 radical (unpaired) electrons. The van der Waals surface area contributed by atoms with Crippen molar-refractivity contribution in [1.29, 1.82) is 0 Å². The van der Waals surface area contributed by atoms with E-state index in [1.54, 1.807) is 18.1 Å². The number of amides is 1. The van der Waals surface area contributed by atoms with E-state index in [4.69, 9.17) is 9.47 Å². The Hall–Kier alpha value is -1.66. The Morgan fingerprint density at radius 3 is 2.42 bits per heavy atom. The van der Waals surface area contributed by atoms with Crippen LogP contribution in [0, 0.1) is 5.82 Å². The predicted molar refractivity (Wildman–Crippen MR) is 98.4 cm³/mol. The highest BCUT2D eigenvalue weighted by molar-refractivity contribution is 5.95. The summed E-state index contributed by atoms with van der Waals surface area (Å²) < 4.78 is 25.4. The zero-order valence-electron chi connectivity index (χ0n) is 16.0. The number of hydrogen-bond acceptors (Lipinski definition) is 4. The Morgan fingerprint density at radius 1 is 1.19 bits per heavy atom. The average molecular weight is 364 g/mol. The van der Waals surface area contributed by atoms with Gasteiger partial charge in [-0.05, 0) is 36.5 Å². The highest BCUT2D eigenvalue weighted by Crippen LogP contribution is 2.30. The number of carbonyl (C=O) groups is 1. The molecule has 144 valence electrons. The molecule has 2 heterocycles. The zero-order chi connectivity index (χ0) is 18.7. The van der Waals surface area contributed by atoms with Crippen molar-refractivity contribution in [3.8, 4) is 5.75 Å². The summed E-state index contributed by atoms with van der Waals surface area (Å²) >= 11 is 0. The van der Waals surface area contributed by atoms with Crippen LogP contribution in [0.1, 0.15) is 48.5 Å². The lowest BCUT2D eigenvalue weighted by Crippen LogP contribution is -2.50. The van der Waals surface area contributed by atoms with Gasteiger partial charge in [-0.3, -0.25) is 9.69 Å². The summed E-state index contributed by atoms with van der Waals surface area (Å²) in [7, 11) is 1.56. The molecular formula is C20H29FN2O3. The van der Waals surface area contributed by atoms with Gasteiger partial charge in [-0.1, -0.05) is 13.8 Å². The molecule has 2 saturated heterocycles. The maximum atomic E-state index is 14.6. The third-order valence-corrected chi connectivity index (χ3v) is 5.49. The van der Waals surface area contributed by atoms with Crippen LogP contribution >= 0.6 is 0 Å². The van der Waals surface area contributed by atoms with Gasteiger partial charge in [-0.2, -0.15) is 0 Å². The summed E-state index contributed by atoms with van der Waals surface area (Å²) in [4.78, 5) is 17.1. The van der Waals surface area contributed by atoms with Crippen LogP contribution < -0.4 is 4.74 Å². The highest BCUT2D eigenvalue weighted by atomic mass is 19.1. The number of morpholine rings is 1. The number of ether oxygens (including phenoxy) is 2. The molecule has 2 fully saturated rings. The number of benzene rings is 1. The Kier molecular flexibility index (Phi) is 6.14. The van der Waals surface area contributed by atoms with Crippen molar-refractivity contribution >= 4 is 5.91 Å². The number of halogens is 1. The summed E-state index contributed by atoms with van der Waals surface area (Å²) in [6.45, 7) is 8.77. The van der Waals surface area contributed by atoms with E-state index < -0.39 is 5.82 Å². The SMILES string of the molecule is COc1cc(C(=O)N2CCC(N3CCOCC3)CC2)c(F)cc1C(C)C. The molecule has 0 aromatic heterocycles. The number of carbonyl (C=O) groups excluding carboxylic acids is 1. The van der Waals surface area contributed by atoms with Gasteiger partial charge in [0.25, 0.3) is 5.91 Å². The van der Waals surface area contributed by atoms with Crippen molar-refractivity contribution in [2.45, 2.75) is 38.6 Å². The fourth-order valence-corrected chi connectivity index (χ4v) is 3.91. The molecule has 2 aliphatic rings. The largest absolute Gasteiger partial charge is 0.496 e. The summed E-state index contributed by atoms with van der Waals surface area (Å²) in [5.41, 5.74) is 0.892. The van der Waals surface area contributed by atoms with Gasteiger partial charge in [-0.15, -0.1) is 0 Å². The van der Waals surface area contributed by atoms with E-state index >= 15 is 0 Å². The number of rotatable bonds is 4. The summed E-state index contributed by atoms with van der Waals surface area (Å²) in [6.07, 6.45) is 1.85. The molecule has 0 aliphatic carbocycles. The normalized spacial score (nSPS) is 19.8. The molecule has 0 unspecified atom stereocenters. The van der Waals surface area contributed by atoms with E-state index in [1.165, 1.54) is 6.07 Å². The molecule has 1 amide bonds. The minimum absolute atomic E-state index is 0.107. The molecule has 5 nitrogen and oxygen atoms in total. The molecular weight excluding hydrogens is 335 g/mol. The fourth-order valence-electron chi connectivity index (χ4n) is 3.91. The van der Waals surface area contributed by atoms with E-state index in [1.807, 2.05) is 13.8 Å². The van der Waals surface area contributed by atoms with Crippen LogP contribution in [0.2, 0.25) is 0 Å². The van der Waals surface area contributed by atoms with E-state index in [-0.39, 0.29) is 17.4 Å². The molecule has 0 spiro atoms. The second-order valence-electron chi connectivity index (χ2n) is 7.40. The van der Waals surface area contributed by atoms with E-state index in [0.717, 1.165) is 44.7 Å². The van der Waals surface area contributed by atoms with Crippen LogP contribution in [0.5, 0.6) is 5.75 Å². The maximum absolute atomic E-state index is 14.6. The van der Waals surface area contributed by atoms with E-state index in [9.17, 15) is 9.18 Å².